The molecule has 14 heavy (non-hydrogen) atoms. The predicted octanol–water partition coefficient (Wildman–Crippen LogP) is 1.93. The van der Waals surface area contributed by atoms with E-state index in [-0.39, 0.29) is 11.5 Å². The Bertz CT molecular complexity index is 520. The zero-order valence-electron chi connectivity index (χ0n) is 6.75. The maximum atomic E-state index is 13.4. The van der Waals surface area contributed by atoms with Crippen LogP contribution < -0.4 is 5.76 Å². The molecule has 0 saturated carbocycles. The van der Waals surface area contributed by atoms with Crippen LogP contribution in [0.4, 0.5) is 4.39 Å². The van der Waals surface area contributed by atoms with E-state index < -0.39 is 11.6 Å². The molecule has 2 rings (SSSR count). The van der Waals surface area contributed by atoms with Gasteiger partial charge in [-0.3, -0.25) is 0 Å². The van der Waals surface area contributed by atoms with Crippen molar-refractivity contribution in [3.63, 3.8) is 0 Å². The first-order chi connectivity index (χ1) is 6.68. The number of aromatic amines is 1. The third-order valence-electron chi connectivity index (χ3n) is 1.62. The fourth-order valence-electron chi connectivity index (χ4n) is 1.01. The summed E-state index contributed by atoms with van der Waals surface area (Å²) in [6.07, 6.45) is 0. The number of aromatic nitrogens is 2. The van der Waals surface area contributed by atoms with Crippen molar-refractivity contribution >= 4 is 15.9 Å². The molecule has 1 heterocycles. The average Bonchev–Trinajstić information content (AvgIpc) is 2.57. The van der Waals surface area contributed by atoms with Crippen molar-refractivity contribution in [2.45, 2.75) is 0 Å². The predicted molar refractivity (Wildman–Crippen MR) is 50.2 cm³/mol. The molecule has 0 aliphatic heterocycles. The van der Waals surface area contributed by atoms with E-state index in [0.29, 0.717) is 4.47 Å². The Labute approximate surface area is 85.9 Å². The van der Waals surface area contributed by atoms with E-state index in [1.807, 2.05) is 0 Å². The van der Waals surface area contributed by atoms with E-state index in [0.717, 1.165) is 0 Å². The van der Waals surface area contributed by atoms with Crippen molar-refractivity contribution in [2.24, 2.45) is 0 Å². The molecular weight excluding hydrogens is 255 g/mol. The van der Waals surface area contributed by atoms with Gasteiger partial charge in [0.05, 0.1) is 10.0 Å². The van der Waals surface area contributed by atoms with E-state index in [9.17, 15) is 9.18 Å². The smallest absolute Gasteiger partial charge is 0.388 e. The van der Waals surface area contributed by atoms with Crippen molar-refractivity contribution in [3.05, 3.63) is 39.0 Å². The Morgan fingerprint density at radius 1 is 1.50 bits per heavy atom. The number of nitrogens with one attached hydrogen (secondary N) is 1. The maximum Gasteiger partial charge on any atom is 0.434 e. The van der Waals surface area contributed by atoms with Crippen molar-refractivity contribution < 1.29 is 8.81 Å². The van der Waals surface area contributed by atoms with E-state index in [2.05, 4.69) is 30.5 Å². The minimum absolute atomic E-state index is 0.0613. The molecule has 0 aliphatic rings. The van der Waals surface area contributed by atoms with Gasteiger partial charge in [-0.25, -0.2) is 14.3 Å². The fourth-order valence-corrected chi connectivity index (χ4v) is 1.38. The summed E-state index contributed by atoms with van der Waals surface area (Å²) in [6.45, 7) is 0. The van der Waals surface area contributed by atoms with Crippen molar-refractivity contribution in [2.75, 3.05) is 0 Å². The molecule has 0 aliphatic carbocycles. The third-order valence-corrected chi connectivity index (χ3v) is 2.23. The lowest BCUT2D eigenvalue weighted by atomic mass is 10.2. The van der Waals surface area contributed by atoms with Crippen LogP contribution in [-0.4, -0.2) is 10.2 Å². The second-order valence-electron chi connectivity index (χ2n) is 2.52. The molecule has 72 valence electrons. The van der Waals surface area contributed by atoms with Crippen LogP contribution in [0.25, 0.3) is 11.5 Å². The molecule has 0 spiro atoms. The van der Waals surface area contributed by atoms with Crippen LogP contribution in [0.1, 0.15) is 0 Å². The monoisotopic (exact) mass is 258 g/mol. The quantitative estimate of drug-likeness (QED) is 0.851. The molecular formula is C8H4BrFN2O2. The van der Waals surface area contributed by atoms with E-state index in [1.165, 1.54) is 6.07 Å². The van der Waals surface area contributed by atoms with E-state index in [4.69, 9.17) is 0 Å². The van der Waals surface area contributed by atoms with Gasteiger partial charge in [0.25, 0.3) is 5.89 Å². The van der Waals surface area contributed by atoms with Crippen LogP contribution in [0.3, 0.4) is 0 Å². The molecule has 0 unspecified atom stereocenters. The molecule has 4 nitrogen and oxygen atoms in total. The number of hydrogen-bond donors (Lipinski definition) is 1. The van der Waals surface area contributed by atoms with Gasteiger partial charge >= 0.3 is 5.76 Å². The summed E-state index contributed by atoms with van der Waals surface area (Å²) in [6, 6.07) is 4.64. The number of benzene rings is 1. The molecule has 1 N–H and O–H groups in total. The molecule has 0 bridgehead atoms. The first-order valence-electron chi connectivity index (χ1n) is 3.68. The molecule has 0 saturated heterocycles. The van der Waals surface area contributed by atoms with Gasteiger partial charge in [-0.1, -0.05) is 6.07 Å². The molecule has 6 heteroatoms. The summed E-state index contributed by atoms with van der Waals surface area (Å²) in [5.74, 6) is -1.28. The molecule has 0 fully saturated rings. The van der Waals surface area contributed by atoms with Crippen LogP contribution in [0.5, 0.6) is 0 Å². The summed E-state index contributed by atoms with van der Waals surface area (Å²) in [4.78, 5) is 10.6. The Balaban J connectivity index is 2.62. The molecule has 2 aromatic rings. The van der Waals surface area contributed by atoms with Gasteiger partial charge in [-0.05, 0) is 28.1 Å². The highest BCUT2D eigenvalue weighted by atomic mass is 79.9. The number of nitrogens with zero attached hydrogens (tertiary/aromatic N) is 1. The zero-order valence-corrected chi connectivity index (χ0v) is 8.34. The van der Waals surface area contributed by atoms with Gasteiger partial charge < -0.3 is 4.42 Å². The van der Waals surface area contributed by atoms with Crippen LogP contribution in [0.15, 0.2) is 31.9 Å². The van der Waals surface area contributed by atoms with Crippen LogP contribution in [0.2, 0.25) is 0 Å². The number of H-pyrrole nitrogens is 1. The van der Waals surface area contributed by atoms with Crippen molar-refractivity contribution in [3.8, 4) is 11.5 Å². The summed E-state index contributed by atoms with van der Waals surface area (Å²) in [5, 5.41) is 5.58. The van der Waals surface area contributed by atoms with Crippen LogP contribution >= 0.6 is 15.9 Å². The van der Waals surface area contributed by atoms with Gasteiger partial charge in [0.2, 0.25) is 0 Å². The molecule has 0 atom stereocenters. The topological polar surface area (TPSA) is 58.9 Å². The number of hydrogen-bond acceptors (Lipinski definition) is 3. The second kappa shape index (κ2) is 3.38. The molecule has 0 amide bonds. The van der Waals surface area contributed by atoms with Crippen molar-refractivity contribution in [1.29, 1.82) is 0 Å². The second-order valence-corrected chi connectivity index (χ2v) is 3.37. The number of rotatable bonds is 1. The van der Waals surface area contributed by atoms with Crippen molar-refractivity contribution in [1.82, 2.24) is 10.2 Å². The Kier molecular flexibility index (Phi) is 2.20. The molecule has 0 radical (unpaired) electrons. The first-order valence-corrected chi connectivity index (χ1v) is 4.47. The number of halogens is 2. The summed E-state index contributed by atoms with van der Waals surface area (Å²) >= 11 is 3.02. The maximum absolute atomic E-state index is 13.4. The highest BCUT2D eigenvalue weighted by Gasteiger charge is 2.12. The summed E-state index contributed by atoms with van der Waals surface area (Å²) < 4.78 is 18.3. The largest absolute Gasteiger partial charge is 0.434 e. The SMILES string of the molecule is O=c1[nH]nc(-c2cccc(Br)c2F)o1. The fraction of sp³-hybridized carbons (Fsp3) is 0. The van der Waals surface area contributed by atoms with Crippen LogP contribution in [0, 0.1) is 5.82 Å². The van der Waals surface area contributed by atoms with Gasteiger partial charge in [0.15, 0.2) is 0 Å². The first kappa shape index (κ1) is 9.14. The Morgan fingerprint density at radius 2 is 2.29 bits per heavy atom. The Hall–Kier alpha value is -1.43. The summed E-state index contributed by atoms with van der Waals surface area (Å²) in [5.41, 5.74) is 0.137. The minimum Gasteiger partial charge on any atom is -0.388 e. The zero-order chi connectivity index (χ0) is 10.1. The normalized spacial score (nSPS) is 10.4. The van der Waals surface area contributed by atoms with Crippen LogP contribution in [-0.2, 0) is 0 Å². The highest BCUT2D eigenvalue weighted by molar-refractivity contribution is 9.10. The van der Waals surface area contributed by atoms with E-state index in [1.54, 1.807) is 12.1 Å². The Morgan fingerprint density at radius 3 is 2.93 bits per heavy atom. The molecule has 1 aromatic heterocycles. The average molecular weight is 259 g/mol. The van der Waals surface area contributed by atoms with Gasteiger partial charge in [-0.15, -0.1) is 5.10 Å². The third kappa shape index (κ3) is 1.48. The summed E-state index contributed by atoms with van der Waals surface area (Å²) in [7, 11) is 0. The lowest BCUT2D eigenvalue weighted by Gasteiger charge is -1.98. The lowest BCUT2D eigenvalue weighted by molar-refractivity contribution is 0.520. The minimum atomic E-state index is -0.709. The van der Waals surface area contributed by atoms with Gasteiger partial charge in [0, 0.05) is 0 Å². The van der Waals surface area contributed by atoms with E-state index >= 15 is 0 Å². The highest BCUT2D eigenvalue weighted by Crippen LogP contribution is 2.25. The van der Waals surface area contributed by atoms with Gasteiger partial charge in [0.1, 0.15) is 5.82 Å². The standard InChI is InChI=1S/C8H4BrFN2O2/c9-5-3-1-2-4(6(5)10)7-11-12-8(13)14-7/h1-3H,(H,12,13). The lowest BCUT2D eigenvalue weighted by Crippen LogP contribution is -1.93. The van der Waals surface area contributed by atoms with Gasteiger partial charge in [-0.2, -0.15) is 0 Å². The molecule has 1 aromatic carbocycles.